The van der Waals surface area contributed by atoms with Crippen molar-refractivity contribution in [1.29, 1.82) is 0 Å². The van der Waals surface area contributed by atoms with Gasteiger partial charge >= 0.3 is 0 Å². The first-order chi connectivity index (χ1) is 10.3. The molecule has 2 heterocycles. The third-order valence-corrected chi connectivity index (χ3v) is 5.83. The third-order valence-electron chi connectivity index (χ3n) is 3.49. The highest BCUT2D eigenvalue weighted by molar-refractivity contribution is 8.01. The summed E-state index contributed by atoms with van der Waals surface area (Å²) in [6.45, 7) is 5.99. The van der Waals surface area contributed by atoms with Crippen molar-refractivity contribution in [1.82, 2.24) is 10.3 Å². The Morgan fingerprint density at radius 2 is 2.29 bits per heavy atom. The van der Waals surface area contributed by atoms with Crippen molar-refractivity contribution in [3.63, 3.8) is 0 Å². The molecule has 3 rings (SSSR count). The molecule has 1 aliphatic rings. The molecule has 1 aliphatic heterocycles. The van der Waals surface area contributed by atoms with Crippen LogP contribution in [0, 0.1) is 6.92 Å². The maximum Gasteiger partial charge on any atom is 0.150 e. The molecule has 5 heteroatoms. The van der Waals surface area contributed by atoms with Gasteiger partial charge in [-0.25, -0.2) is 4.98 Å². The van der Waals surface area contributed by atoms with Gasteiger partial charge in [-0.3, -0.25) is 0 Å². The first-order valence-electron chi connectivity index (χ1n) is 7.32. The van der Waals surface area contributed by atoms with Crippen molar-refractivity contribution < 1.29 is 4.74 Å². The highest BCUT2D eigenvalue weighted by atomic mass is 32.2. The molecule has 0 saturated carbocycles. The van der Waals surface area contributed by atoms with Crippen LogP contribution < -0.4 is 10.1 Å². The fourth-order valence-electron chi connectivity index (χ4n) is 2.50. The van der Waals surface area contributed by atoms with E-state index in [9.17, 15) is 0 Å². The van der Waals surface area contributed by atoms with Crippen LogP contribution in [0.1, 0.15) is 30.6 Å². The minimum atomic E-state index is 0.323. The molecular formula is C16H20N2OS2. The van der Waals surface area contributed by atoms with Crippen molar-refractivity contribution >= 4 is 23.1 Å². The molecule has 21 heavy (non-hydrogen) atoms. The molecule has 1 aromatic heterocycles. The van der Waals surface area contributed by atoms with Gasteiger partial charge in [-0.05, 0) is 26.0 Å². The molecule has 2 aromatic rings. The van der Waals surface area contributed by atoms with E-state index < -0.39 is 0 Å². The average molecular weight is 320 g/mol. The Morgan fingerprint density at radius 3 is 3.05 bits per heavy atom. The Kier molecular flexibility index (Phi) is 4.83. The van der Waals surface area contributed by atoms with E-state index in [0.717, 1.165) is 35.4 Å². The molecule has 0 saturated heterocycles. The minimum absolute atomic E-state index is 0.323. The van der Waals surface area contributed by atoms with Crippen LogP contribution in [-0.4, -0.2) is 23.4 Å². The number of thioether (sulfide) groups is 1. The second-order valence-corrected chi connectivity index (χ2v) is 7.54. The zero-order valence-corrected chi connectivity index (χ0v) is 14.0. The van der Waals surface area contributed by atoms with Crippen LogP contribution in [0.2, 0.25) is 0 Å². The predicted octanol–water partition coefficient (Wildman–Crippen LogP) is 4.05. The Hall–Kier alpha value is -1.04. The molecule has 0 radical (unpaired) electrons. The summed E-state index contributed by atoms with van der Waals surface area (Å²) in [6, 6.07) is 8.67. The number of aryl methyl sites for hydroxylation is 1. The Morgan fingerprint density at radius 1 is 1.43 bits per heavy atom. The number of rotatable bonds is 5. The van der Waals surface area contributed by atoms with Gasteiger partial charge in [0.25, 0.3) is 0 Å². The molecule has 112 valence electrons. The van der Waals surface area contributed by atoms with E-state index in [1.165, 1.54) is 5.56 Å². The SMILES string of the molecule is CCCNC1c2ccccc2OCC1Sc1nc(C)cs1. The van der Waals surface area contributed by atoms with Gasteiger partial charge in [0.1, 0.15) is 12.4 Å². The molecule has 1 aromatic carbocycles. The van der Waals surface area contributed by atoms with Gasteiger partial charge in [0.15, 0.2) is 4.34 Å². The quantitative estimate of drug-likeness (QED) is 0.901. The lowest BCUT2D eigenvalue weighted by Crippen LogP contribution is -2.37. The summed E-state index contributed by atoms with van der Waals surface area (Å²) in [4.78, 5) is 4.57. The number of fused-ring (bicyclic) bond motifs is 1. The molecule has 2 unspecified atom stereocenters. The van der Waals surface area contributed by atoms with Crippen molar-refractivity contribution in [3.05, 3.63) is 40.9 Å². The summed E-state index contributed by atoms with van der Waals surface area (Å²) >= 11 is 3.55. The molecule has 3 nitrogen and oxygen atoms in total. The zero-order valence-electron chi connectivity index (χ0n) is 12.3. The van der Waals surface area contributed by atoms with Crippen molar-refractivity contribution in [3.8, 4) is 5.75 Å². The number of aromatic nitrogens is 1. The molecule has 0 fully saturated rings. The van der Waals surface area contributed by atoms with Crippen molar-refractivity contribution in [2.45, 2.75) is 35.9 Å². The standard InChI is InChI=1S/C16H20N2OS2/c1-3-8-17-15-12-6-4-5-7-13(12)19-9-14(15)21-16-18-11(2)10-20-16/h4-7,10,14-15,17H,3,8-9H2,1-2H3. The number of para-hydroxylation sites is 1. The Labute approximate surface area is 134 Å². The summed E-state index contributed by atoms with van der Waals surface area (Å²) < 4.78 is 7.07. The van der Waals surface area contributed by atoms with Gasteiger partial charge in [0.2, 0.25) is 0 Å². The normalized spacial score (nSPS) is 20.9. The lowest BCUT2D eigenvalue weighted by molar-refractivity contribution is 0.260. The lowest BCUT2D eigenvalue weighted by atomic mass is 10.00. The zero-order chi connectivity index (χ0) is 14.7. The summed E-state index contributed by atoms with van der Waals surface area (Å²) in [6.07, 6.45) is 1.13. The van der Waals surface area contributed by atoms with Crippen LogP contribution in [0.5, 0.6) is 5.75 Å². The molecule has 0 amide bonds. The van der Waals surface area contributed by atoms with Gasteiger partial charge in [-0.1, -0.05) is 36.9 Å². The van der Waals surface area contributed by atoms with E-state index in [-0.39, 0.29) is 0 Å². The molecule has 0 bridgehead atoms. The first-order valence-corrected chi connectivity index (χ1v) is 9.07. The highest BCUT2D eigenvalue weighted by Crippen LogP contribution is 2.40. The van der Waals surface area contributed by atoms with Crippen LogP contribution in [0.25, 0.3) is 0 Å². The smallest absolute Gasteiger partial charge is 0.150 e. The number of hydrogen-bond acceptors (Lipinski definition) is 5. The van der Waals surface area contributed by atoms with E-state index in [1.807, 2.05) is 24.8 Å². The minimum Gasteiger partial charge on any atom is -0.492 e. The molecule has 0 spiro atoms. The average Bonchev–Trinajstić information content (AvgIpc) is 2.91. The maximum atomic E-state index is 5.94. The number of thiazole rings is 1. The first kappa shape index (κ1) is 14.9. The van der Waals surface area contributed by atoms with Crippen molar-refractivity contribution in [2.24, 2.45) is 0 Å². The fraction of sp³-hybridized carbons (Fsp3) is 0.438. The largest absolute Gasteiger partial charge is 0.492 e. The molecule has 2 atom stereocenters. The highest BCUT2D eigenvalue weighted by Gasteiger charge is 2.31. The number of nitrogens with zero attached hydrogens (tertiary/aromatic N) is 1. The number of benzene rings is 1. The Bertz CT molecular complexity index is 599. The van der Waals surface area contributed by atoms with Crippen LogP contribution in [0.3, 0.4) is 0 Å². The number of hydrogen-bond donors (Lipinski definition) is 1. The lowest BCUT2D eigenvalue weighted by Gasteiger charge is -2.33. The summed E-state index contributed by atoms with van der Waals surface area (Å²) in [5, 5.41) is 6.14. The summed E-state index contributed by atoms with van der Waals surface area (Å²) in [5.41, 5.74) is 2.36. The van der Waals surface area contributed by atoms with E-state index in [2.05, 4.69) is 40.8 Å². The molecular weight excluding hydrogens is 300 g/mol. The van der Waals surface area contributed by atoms with Crippen LogP contribution in [-0.2, 0) is 0 Å². The van der Waals surface area contributed by atoms with Gasteiger partial charge in [-0.15, -0.1) is 11.3 Å². The summed E-state index contributed by atoms with van der Waals surface area (Å²) in [7, 11) is 0. The van der Waals surface area contributed by atoms with Gasteiger partial charge in [0, 0.05) is 16.6 Å². The van der Waals surface area contributed by atoms with Crippen LogP contribution in [0.15, 0.2) is 34.0 Å². The number of nitrogens with one attached hydrogen (secondary N) is 1. The van der Waals surface area contributed by atoms with E-state index in [0.29, 0.717) is 11.3 Å². The maximum absolute atomic E-state index is 5.94. The van der Waals surface area contributed by atoms with E-state index in [4.69, 9.17) is 4.74 Å². The second kappa shape index (κ2) is 6.81. The van der Waals surface area contributed by atoms with Gasteiger partial charge in [0.05, 0.1) is 11.3 Å². The topological polar surface area (TPSA) is 34.1 Å². The van der Waals surface area contributed by atoms with Crippen LogP contribution in [0.4, 0.5) is 0 Å². The number of ether oxygens (including phenoxy) is 1. The Balaban J connectivity index is 1.82. The fourth-order valence-corrected chi connectivity index (χ4v) is 4.73. The predicted molar refractivity (Wildman–Crippen MR) is 89.5 cm³/mol. The monoisotopic (exact) mass is 320 g/mol. The summed E-state index contributed by atoms with van der Waals surface area (Å²) in [5.74, 6) is 1.01. The molecule has 1 N–H and O–H groups in total. The van der Waals surface area contributed by atoms with E-state index >= 15 is 0 Å². The van der Waals surface area contributed by atoms with Crippen molar-refractivity contribution in [2.75, 3.05) is 13.2 Å². The van der Waals surface area contributed by atoms with E-state index in [1.54, 1.807) is 11.3 Å². The molecule has 0 aliphatic carbocycles. The van der Waals surface area contributed by atoms with Crippen LogP contribution >= 0.6 is 23.1 Å². The second-order valence-electron chi connectivity index (χ2n) is 5.19. The van der Waals surface area contributed by atoms with Gasteiger partial charge in [-0.2, -0.15) is 0 Å². The van der Waals surface area contributed by atoms with Gasteiger partial charge < -0.3 is 10.1 Å². The third kappa shape index (κ3) is 3.42.